The van der Waals surface area contributed by atoms with E-state index in [4.69, 9.17) is 10.2 Å². The fourth-order valence-electron chi connectivity index (χ4n) is 0.792. The van der Waals surface area contributed by atoms with Crippen molar-refractivity contribution in [1.82, 2.24) is 0 Å². The summed E-state index contributed by atoms with van der Waals surface area (Å²) in [7, 11) is 0. The Labute approximate surface area is 151 Å². The molecule has 0 saturated carbocycles. The van der Waals surface area contributed by atoms with Crippen molar-refractivity contribution in [2.24, 2.45) is 0 Å². The van der Waals surface area contributed by atoms with E-state index >= 15 is 0 Å². The minimum Gasteiger partial charge on any atom is -0.550 e. The zero-order valence-electron chi connectivity index (χ0n) is 10.3. The summed E-state index contributed by atoms with van der Waals surface area (Å²) in [5, 5.41) is 37.6. The maximum Gasteiger partial charge on any atom is 1.00 e. The van der Waals surface area contributed by atoms with Gasteiger partial charge in [-0.15, -0.1) is 0 Å². The second-order valence-electron chi connectivity index (χ2n) is 2.93. The molecule has 0 fully saturated rings. The molecule has 0 rings (SSSR count). The number of carboxylic acids is 3. The quantitative estimate of drug-likeness (QED) is 0.342. The number of rotatable bonds is 7. The number of aliphatic hydroxyl groups excluding tert-OH is 1. The van der Waals surface area contributed by atoms with Crippen LogP contribution in [0.4, 0.5) is 0 Å². The Kier molecular flexibility index (Phi) is 14.7. The van der Waals surface area contributed by atoms with Gasteiger partial charge in [0.05, 0.1) is 12.4 Å². The first-order valence-corrected chi connectivity index (χ1v) is 4.25. The number of carbonyl (C=O) groups excluding carboxylic acids is 3. The first-order chi connectivity index (χ1) is 7.73. The second-order valence-corrected chi connectivity index (χ2v) is 2.93. The Bertz CT molecular complexity index is 343. The van der Waals surface area contributed by atoms with E-state index in [-0.39, 0.29) is 59.1 Å². The van der Waals surface area contributed by atoms with Crippen molar-refractivity contribution < 1.29 is 103 Å². The first-order valence-electron chi connectivity index (χ1n) is 4.25. The monoisotopic (exact) mass is 294 g/mol. The third kappa shape index (κ3) is 11.4. The van der Waals surface area contributed by atoms with Gasteiger partial charge in [-0.05, 0) is 0 Å². The molecule has 0 saturated heterocycles. The fourth-order valence-corrected chi connectivity index (χ4v) is 0.792. The Morgan fingerprint density at radius 2 is 1.53 bits per heavy atom. The van der Waals surface area contributed by atoms with E-state index in [2.05, 4.69) is 4.74 Å². The number of aliphatic carboxylic acids is 3. The summed E-state index contributed by atoms with van der Waals surface area (Å²) >= 11 is 0. The van der Waals surface area contributed by atoms with Gasteiger partial charge in [-0.3, -0.25) is 4.79 Å². The predicted molar refractivity (Wildman–Crippen MR) is 42.8 cm³/mol. The molecule has 2 unspecified atom stereocenters. The van der Waals surface area contributed by atoms with Crippen molar-refractivity contribution in [3.63, 3.8) is 0 Å². The van der Waals surface area contributed by atoms with E-state index in [1.807, 2.05) is 0 Å². The molecule has 9 nitrogen and oxygen atoms in total. The van der Waals surface area contributed by atoms with E-state index in [1.54, 1.807) is 0 Å². The number of aliphatic hydroxyl groups is 1. The number of hydrogen-bond donors (Lipinski definition) is 2. The Balaban J connectivity index is -0.00000128. The number of carbonyl (C=O) groups is 4. The third-order valence-corrected chi connectivity index (χ3v) is 1.51. The minimum absolute atomic E-state index is 0. The minimum atomic E-state index is -2.14. The van der Waals surface area contributed by atoms with Gasteiger partial charge in [-0.2, -0.15) is 0 Å². The van der Waals surface area contributed by atoms with Crippen LogP contribution in [0.2, 0.25) is 0 Å². The van der Waals surface area contributed by atoms with E-state index in [0.717, 1.165) is 0 Å². The van der Waals surface area contributed by atoms with Gasteiger partial charge in [-0.25, -0.2) is 4.79 Å². The molecule has 0 radical (unpaired) electrons. The zero-order chi connectivity index (χ0) is 13.6. The molecule has 0 aromatic heterocycles. The van der Waals surface area contributed by atoms with Gasteiger partial charge in [0.2, 0.25) is 0 Å². The smallest absolute Gasteiger partial charge is 0.550 e. The average molecular weight is 294 g/mol. The van der Waals surface area contributed by atoms with E-state index < -0.39 is 48.9 Å². The molecular weight excluding hydrogens is 286 g/mol. The topological polar surface area (TPSA) is 164 Å². The molecule has 96 valence electrons. The van der Waals surface area contributed by atoms with Gasteiger partial charge in [0.1, 0.15) is 6.10 Å². The summed E-state index contributed by atoms with van der Waals surface area (Å²) in [6.07, 6.45) is -6.38. The summed E-state index contributed by atoms with van der Waals surface area (Å²) in [5.41, 5.74) is 0. The number of carboxylic acid groups (broad SMARTS) is 3. The maximum absolute atomic E-state index is 10.9. The largest absolute Gasteiger partial charge is 1.00 e. The molecule has 11 heteroatoms. The summed E-state index contributed by atoms with van der Waals surface area (Å²) < 4.78 is 4.05. The molecule has 0 heterocycles. The molecule has 0 aliphatic carbocycles. The molecule has 0 aliphatic heterocycles. The third-order valence-electron chi connectivity index (χ3n) is 1.51. The predicted octanol–water partition coefficient (Wildman–Crippen LogP) is -10.4. The van der Waals surface area contributed by atoms with Crippen LogP contribution in [-0.2, 0) is 23.9 Å². The van der Waals surface area contributed by atoms with Gasteiger partial charge in [0.25, 0.3) is 0 Å². The summed E-state index contributed by atoms with van der Waals surface area (Å²) in [6, 6.07) is 0. The van der Waals surface area contributed by atoms with Crippen molar-refractivity contribution in [1.29, 1.82) is 0 Å². The van der Waals surface area contributed by atoms with Crippen molar-refractivity contribution in [2.75, 3.05) is 0 Å². The number of hydrogen-bond acceptors (Lipinski definition) is 8. The van der Waals surface area contributed by atoms with Gasteiger partial charge < -0.3 is 34.8 Å². The van der Waals surface area contributed by atoms with Crippen LogP contribution in [-0.4, -0.2) is 46.3 Å². The summed E-state index contributed by atoms with van der Waals surface area (Å²) in [6.45, 7) is 0. The normalized spacial score (nSPS) is 12.1. The van der Waals surface area contributed by atoms with Gasteiger partial charge >= 0.3 is 71.1 Å². The molecule has 0 spiro atoms. The molecule has 0 amide bonds. The van der Waals surface area contributed by atoms with Crippen LogP contribution in [0.5, 0.6) is 0 Å². The molecule has 0 aromatic carbocycles. The van der Waals surface area contributed by atoms with Crippen LogP contribution in [0.3, 0.4) is 0 Å². The first kappa shape index (κ1) is 23.9. The van der Waals surface area contributed by atoms with Crippen LogP contribution >= 0.6 is 0 Å². The van der Waals surface area contributed by atoms with Gasteiger partial charge in [-0.1, -0.05) is 0 Å². The molecule has 0 bridgehead atoms. The average Bonchev–Trinajstić information content (AvgIpc) is 2.14. The Morgan fingerprint density at radius 3 is 1.84 bits per heavy atom. The molecule has 0 aromatic rings. The molecule has 2 N–H and O–H groups in total. The SMILES string of the molecule is O=C([O-])CC(OC(=O)C(O)CC(=O)O)C(=O)[O-].[Na+].[Na+]. The maximum atomic E-state index is 10.9. The number of esters is 1. The van der Waals surface area contributed by atoms with Crippen LogP contribution in [0.1, 0.15) is 12.8 Å². The van der Waals surface area contributed by atoms with Crippen LogP contribution < -0.4 is 69.3 Å². The van der Waals surface area contributed by atoms with E-state index in [0.29, 0.717) is 0 Å². The fraction of sp³-hybridized carbons (Fsp3) is 0.500. The Hall–Kier alpha value is -0.160. The Morgan fingerprint density at radius 1 is 1.05 bits per heavy atom. The van der Waals surface area contributed by atoms with Crippen molar-refractivity contribution in [2.45, 2.75) is 25.0 Å². The van der Waals surface area contributed by atoms with Crippen LogP contribution in [0, 0.1) is 0 Å². The van der Waals surface area contributed by atoms with E-state index in [9.17, 15) is 29.4 Å². The molecule has 19 heavy (non-hydrogen) atoms. The second kappa shape index (κ2) is 11.6. The summed E-state index contributed by atoms with van der Waals surface area (Å²) in [4.78, 5) is 41.5. The van der Waals surface area contributed by atoms with Crippen molar-refractivity contribution >= 4 is 23.9 Å². The summed E-state index contributed by atoms with van der Waals surface area (Å²) in [5.74, 6) is -6.88. The molecule has 0 aliphatic rings. The van der Waals surface area contributed by atoms with Crippen LogP contribution in [0.25, 0.3) is 0 Å². The standard InChI is InChI=1S/C8H10O9.2Na/c9-3(1-5(10)11)8(16)17-4(7(14)15)2-6(12)13;;/h3-4,9H,1-2H2,(H,10,11)(H,12,13)(H,14,15);;/q;2*+1/p-2. The van der Waals surface area contributed by atoms with Crippen LogP contribution in [0.15, 0.2) is 0 Å². The molecule has 2 atom stereocenters. The zero-order valence-corrected chi connectivity index (χ0v) is 14.3. The van der Waals surface area contributed by atoms with Gasteiger partial charge in [0.15, 0.2) is 6.10 Å². The van der Waals surface area contributed by atoms with E-state index in [1.165, 1.54) is 0 Å². The van der Waals surface area contributed by atoms with Crippen molar-refractivity contribution in [3.8, 4) is 0 Å². The number of ether oxygens (including phenoxy) is 1. The molecular formula is C8H8Na2O9. The van der Waals surface area contributed by atoms with Crippen molar-refractivity contribution in [3.05, 3.63) is 0 Å². The van der Waals surface area contributed by atoms with Gasteiger partial charge in [0, 0.05) is 12.4 Å².